The van der Waals surface area contributed by atoms with Gasteiger partial charge in [-0.1, -0.05) is 60.1 Å². The van der Waals surface area contributed by atoms with Gasteiger partial charge in [-0.3, -0.25) is 0 Å². The third-order valence-electron chi connectivity index (χ3n) is 7.04. The molecular formula is C25H36FLiN6OSi. The molecule has 1 aliphatic rings. The Morgan fingerprint density at radius 1 is 1.14 bits per heavy atom. The number of fused-ring (bicyclic) bond motifs is 1. The maximum absolute atomic E-state index is 14.0. The normalized spacial score (nSPS) is 19.8. The van der Waals surface area contributed by atoms with E-state index in [0.717, 1.165) is 24.6 Å². The third-order valence-corrected chi connectivity index (χ3v) is 11.2. The summed E-state index contributed by atoms with van der Waals surface area (Å²) >= 11 is 0. The summed E-state index contributed by atoms with van der Waals surface area (Å²) in [5, 5.41) is 5.14. The predicted molar refractivity (Wildman–Crippen MR) is 136 cm³/mol. The van der Waals surface area contributed by atoms with Gasteiger partial charge in [-0.15, -0.1) is 11.1 Å². The third kappa shape index (κ3) is 6.78. The Bertz CT molecular complexity index is 1150. The molecule has 0 amide bonds. The molecule has 0 aliphatic carbocycles. The SMILES string of the molecule is CC1(C)CCC([Si](C)(C)CCOCn2ccc3nc(-c4nccnc4F)cnc32)CC(C)(C)[N-]1.[Li+]. The van der Waals surface area contributed by atoms with Crippen LogP contribution in [0.1, 0.15) is 47.0 Å². The average Bonchev–Trinajstić information content (AvgIpc) is 3.10. The van der Waals surface area contributed by atoms with E-state index in [1.165, 1.54) is 31.4 Å². The number of nitrogens with zero attached hydrogens (tertiary/aromatic N) is 6. The van der Waals surface area contributed by atoms with Crippen molar-refractivity contribution in [1.29, 1.82) is 0 Å². The molecule has 3 aromatic heterocycles. The van der Waals surface area contributed by atoms with Crippen LogP contribution in [0.4, 0.5) is 4.39 Å². The summed E-state index contributed by atoms with van der Waals surface area (Å²) in [5.74, 6) is -0.653. The molecule has 1 saturated heterocycles. The molecule has 0 bridgehead atoms. The van der Waals surface area contributed by atoms with Crippen molar-refractivity contribution in [3.8, 4) is 11.4 Å². The number of ether oxygens (including phenoxy) is 1. The second kappa shape index (κ2) is 10.8. The molecule has 10 heteroatoms. The number of halogens is 1. The second-order valence-corrected chi connectivity index (χ2v) is 16.7. The van der Waals surface area contributed by atoms with Gasteiger partial charge in [0, 0.05) is 25.2 Å². The Balaban J connectivity index is 0.00000342. The van der Waals surface area contributed by atoms with Crippen LogP contribution in [0.3, 0.4) is 0 Å². The van der Waals surface area contributed by atoms with E-state index < -0.39 is 14.0 Å². The standard InChI is InChI=1S/C25H36FN6OSi.Li/c1-24(2)9-7-18(15-25(3,4)31-24)34(5,6)14-13-33-17-32-12-8-19-23(32)29-16-20(30-19)21-22(26)28-11-10-27-21;/h8,10-12,16,18H,7,9,13-15,17H2,1-6H3;/q-1;+1. The number of rotatable bonds is 7. The predicted octanol–water partition coefficient (Wildman–Crippen LogP) is 3.20. The molecule has 4 rings (SSSR count). The molecule has 1 fully saturated rings. The van der Waals surface area contributed by atoms with Crippen LogP contribution < -0.4 is 18.9 Å². The fourth-order valence-corrected chi connectivity index (χ4v) is 8.25. The molecule has 184 valence electrons. The Hall–Kier alpha value is -1.64. The van der Waals surface area contributed by atoms with Gasteiger partial charge in [0.2, 0.25) is 5.95 Å². The maximum atomic E-state index is 14.0. The molecule has 0 aromatic carbocycles. The number of hydrogen-bond donors (Lipinski definition) is 0. The van der Waals surface area contributed by atoms with Gasteiger partial charge < -0.3 is 14.6 Å². The van der Waals surface area contributed by atoms with Crippen molar-refractivity contribution in [3.05, 3.63) is 42.1 Å². The molecule has 35 heavy (non-hydrogen) atoms. The van der Waals surface area contributed by atoms with Gasteiger partial charge in [0.05, 0.1) is 14.3 Å². The molecule has 0 radical (unpaired) electrons. The molecule has 3 aromatic rings. The summed E-state index contributed by atoms with van der Waals surface area (Å²) in [6.07, 6.45) is 9.78. The molecule has 0 spiro atoms. The minimum absolute atomic E-state index is 0. The first-order valence-corrected chi connectivity index (χ1v) is 15.3. The van der Waals surface area contributed by atoms with Crippen molar-refractivity contribution in [2.45, 2.75) is 89.4 Å². The van der Waals surface area contributed by atoms with Crippen molar-refractivity contribution in [1.82, 2.24) is 24.5 Å². The summed E-state index contributed by atoms with van der Waals surface area (Å²) < 4.78 is 22.0. The molecule has 1 unspecified atom stereocenters. The van der Waals surface area contributed by atoms with Crippen molar-refractivity contribution >= 4 is 19.2 Å². The Kier molecular flexibility index (Phi) is 8.60. The Labute approximate surface area is 220 Å². The zero-order chi connectivity index (χ0) is 24.6. The van der Waals surface area contributed by atoms with Gasteiger partial charge in [-0.2, -0.15) is 4.39 Å². The van der Waals surface area contributed by atoms with E-state index in [1.54, 1.807) is 0 Å². The molecule has 1 atom stereocenters. The van der Waals surface area contributed by atoms with Gasteiger partial charge in [0.1, 0.15) is 23.6 Å². The first-order chi connectivity index (χ1) is 16.0. The van der Waals surface area contributed by atoms with Crippen molar-refractivity contribution in [2.24, 2.45) is 0 Å². The summed E-state index contributed by atoms with van der Waals surface area (Å²) in [4.78, 5) is 16.7. The van der Waals surface area contributed by atoms with Crippen molar-refractivity contribution in [2.75, 3.05) is 6.61 Å². The Morgan fingerprint density at radius 2 is 1.89 bits per heavy atom. The Morgan fingerprint density at radius 3 is 2.63 bits per heavy atom. The van der Waals surface area contributed by atoms with Gasteiger partial charge >= 0.3 is 18.9 Å². The zero-order valence-electron chi connectivity index (χ0n) is 22.2. The zero-order valence-corrected chi connectivity index (χ0v) is 23.2. The van der Waals surface area contributed by atoms with Crippen molar-refractivity contribution in [3.63, 3.8) is 0 Å². The van der Waals surface area contributed by atoms with Crippen LogP contribution in [0.2, 0.25) is 24.7 Å². The number of aromatic nitrogens is 5. The van der Waals surface area contributed by atoms with E-state index in [1.807, 2.05) is 16.8 Å². The van der Waals surface area contributed by atoms with Gasteiger partial charge in [0.15, 0.2) is 5.65 Å². The molecule has 0 saturated carbocycles. The molecule has 0 N–H and O–H groups in total. The van der Waals surface area contributed by atoms with E-state index in [4.69, 9.17) is 10.1 Å². The van der Waals surface area contributed by atoms with Crippen LogP contribution >= 0.6 is 0 Å². The van der Waals surface area contributed by atoms with E-state index >= 15 is 0 Å². The molecule has 4 heterocycles. The smallest absolute Gasteiger partial charge is 0.652 e. The average molecular weight is 491 g/mol. The monoisotopic (exact) mass is 490 g/mol. The topological polar surface area (TPSA) is 79.8 Å². The summed E-state index contributed by atoms with van der Waals surface area (Å²) in [6.45, 7) is 15.3. The summed E-state index contributed by atoms with van der Waals surface area (Å²) in [5.41, 5.74) is 2.69. The second-order valence-electron chi connectivity index (χ2n) is 11.4. The minimum atomic E-state index is -1.48. The minimum Gasteiger partial charge on any atom is -0.652 e. The van der Waals surface area contributed by atoms with E-state index in [2.05, 4.69) is 60.7 Å². The van der Waals surface area contributed by atoms with Crippen LogP contribution in [-0.2, 0) is 11.5 Å². The molecule has 1 aliphatic heterocycles. The van der Waals surface area contributed by atoms with E-state index in [0.29, 0.717) is 23.6 Å². The molecule has 7 nitrogen and oxygen atoms in total. The van der Waals surface area contributed by atoms with Gasteiger partial charge in [-0.25, -0.2) is 19.9 Å². The van der Waals surface area contributed by atoms with Crippen LogP contribution in [-0.4, -0.2) is 50.3 Å². The van der Waals surface area contributed by atoms with Crippen molar-refractivity contribution < 1.29 is 28.0 Å². The van der Waals surface area contributed by atoms with Gasteiger partial charge in [-0.05, 0) is 17.7 Å². The molecular weight excluding hydrogens is 454 g/mol. The first-order valence-electron chi connectivity index (χ1n) is 12.1. The fourth-order valence-electron chi connectivity index (χ4n) is 5.20. The fraction of sp³-hybridized carbons (Fsp3) is 0.600. The maximum Gasteiger partial charge on any atom is 1.00 e. The summed E-state index contributed by atoms with van der Waals surface area (Å²) in [6, 6.07) is 2.98. The van der Waals surface area contributed by atoms with Crippen LogP contribution in [0, 0.1) is 5.95 Å². The largest absolute Gasteiger partial charge is 1.00 e. The number of hydrogen-bond acceptors (Lipinski definition) is 5. The van der Waals surface area contributed by atoms with Crippen LogP contribution in [0.25, 0.3) is 27.9 Å². The quantitative estimate of drug-likeness (QED) is 0.375. The first kappa shape index (κ1) is 27.9. The van der Waals surface area contributed by atoms with Gasteiger partial charge in [0.25, 0.3) is 0 Å². The van der Waals surface area contributed by atoms with E-state index in [9.17, 15) is 4.39 Å². The van der Waals surface area contributed by atoms with Crippen LogP contribution in [0.15, 0.2) is 30.9 Å². The van der Waals surface area contributed by atoms with E-state index in [-0.39, 0.29) is 35.6 Å². The van der Waals surface area contributed by atoms with Crippen LogP contribution in [0.5, 0.6) is 0 Å². The summed E-state index contributed by atoms with van der Waals surface area (Å²) in [7, 11) is -1.48.